The van der Waals surface area contributed by atoms with Crippen LogP contribution in [0.15, 0.2) is 24.4 Å². The lowest BCUT2D eigenvalue weighted by Crippen LogP contribution is -2.25. The molecular weight excluding hydrogens is 249 g/mol. The molecule has 4 heteroatoms. The van der Waals surface area contributed by atoms with Gasteiger partial charge in [0.15, 0.2) is 11.5 Å². The Balaban J connectivity index is 2.05. The number of hydrogen-bond acceptors (Lipinski definition) is 3. The van der Waals surface area contributed by atoms with Crippen LogP contribution in [0.5, 0.6) is 11.5 Å². The first kappa shape index (κ1) is 13.3. The minimum absolute atomic E-state index is 0.0810. The number of benzene rings is 1. The third-order valence-corrected chi connectivity index (χ3v) is 4.68. The van der Waals surface area contributed by atoms with Crippen LogP contribution in [-0.4, -0.2) is 23.0 Å². The number of fused-ring (bicyclic) bond motifs is 1. The Hall–Kier alpha value is -1.71. The molecule has 1 saturated carbocycles. The van der Waals surface area contributed by atoms with Crippen LogP contribution in [0.2, 0.25) is 0 Å². The number of phenolic OH excluding ortho intramolecular Hbond substituents is 2. The summed E-state index contributed by atoms with van der Waals surface area (Å²) in [4.78, 5) is 4.46. The first-order valence-electron chi connectivity index (χ1n) is 7.41. The van der Waals surface area contributed by atoms with Gasteiger partial charge in [-0.05, 0) is 23.0 Å². The van der Waals surface area contributed by atoms with Crippen molar-refractivity contribution in [1.82, 2.24) is 4.98 Å². The van der Waals surface area contributed by atoms with Crippen molar-refractivity contribution in [3.05, 3.63) is 30.0 Å². The van der Waals surface area contributed by atoms with Gasteiger partial charge in [-0.25, -0.2) is 0 Å². The number of hydrogen-bond donors (Lipinski definition) is 2. The molecular formula is C16H20BNO2. The van der Waals surface area contributed by atoms with Crippen molar-refractivity contribution in [2.24, 2.45) is 0 Å². The Labute approximate surface area is 120 Å². The van der Waals surface area contributed by atoms with Crippen molar-refractivity contribution in [2.45, 2.75) is 43.8 Å². The summed E-state index contributed by atoms with van der Waals surface area (Å²) in [5.41, 5.74) is 1.97. The van der Waals surface area contributed by atoms with E-state index in [0.717, 1.165) is 10.9 Å². The number of aromatic nitrogens is 1. The maximum atomic E-state index is 9.65. The molecule has 0 unspecified atom stereocenters. The maximum absolute atomic E-state index is 9.65. The number of aromatic hydroxyl groups is 2. The van der Waals surface area contributed by atoms with Crippen molar-refractivity contribution in [3.8, 4) is 11.5 Å². The Bertz CT molecular complexity index is 634. The number of phenols is 2. The minimum Gasteiger partial charge on any atom is -0.504 e. The topological polar surface area (TPSA) is 53.4 Å². The van der Waals surface area contributed by atoms with Crippen LogP contribution in [-0.2, 0) is 5.31 Å². The minimum atomic E-state index is -0.113. The van der Waals surface area contributed by atoms with E-state index in [1.807, 2.05) is 6.20 Å². The van der Waals surface area contributed by atoms with Crippen LogP contribution >= 0.6 is 0 Å². The second-order valence-electron chi connectivity index (χ2n) is 6.23. The second kappa shape index (κ2) is 5.00. The lowest BCUT2D eigenvalue weighted by atomic mass is 9.60. The molecule has 0 aliphatic heterocycles. The summed E-state index contributed by atoms with van der Waals surface area (Å²) in [6.45, 7) is 0. The summed E-state index contributed by atoms with van der Waals surface area (Å²) >= 11 is 0. The van der Waals surface area contributed by atoms with E-state index >= 15 is 0 Å². The number of pyridine rings is 1. The van der Waals surface area contributed by atoms with E-state index in [0.29, 0.717) is 0 Å². The third kappa shape index (κ3) is 2.35. The van der Waals surface area contributed by atoms with Crippen molar-refractivity contribution >= 4 is 18.7 Å². The highest BCUT2D eigenvalue weighted by atomic mass is 16.3. The fraction of sp³-hybridized carbons (Fsp3) is 0.438. The SMILES string of the molecule is BC1(c2cnc3cc(O)c(O)cc3c2)CCCCCC1. The van der Waals surface area contributed by atoms with Gasteiger partial charge < -0.3 is 10.2 Å². The van der Waals surface area contributed by atoms with Crippen molar-refractivity contribution < 1.29 is 10.2 Å². The van der Waals surface area contributed by atoms with Gasteiger partial charge in [-0.1, -0.05) is 38.5 Å². The van der Waals surface area contributed by atoms with Crippen LogP contribution in [0.1, 0.15) is 44.1 Å². The maximum Gasteiger partial charge on any atom is 0.159 e. The zero-order valence-corrected chi connectivity index (χ0v) is 11.9. The fourth-order valence-electron chi connectivity index (χ4n) is 3.28. The summed E-state index contributed by atoms with van der Waals surface area (Å²) in [6.07, 6.45) is 9.53. The Morgan fingerprint density at radius 2 is 1.60 bits per heavy atom. The van der Waals surface area contributed by atoms with Gasteiger partial charge in [-0.2, -0.15) is 0 Å². The molecule has 104 valence electrons. The summed E-state index contributed by atoms with van der Waals surface area (Å²) in [5.74, 6) is -0.194. The largest absolute Gasteiger partial charge is 0.504 e. The van der Waals surface area contributed by atoms with Crippen LogP contribution in [0.3, 0.4) is 0 Å². The number of nitrogens with zero attached hydrogens (tertiary/aromatic N) is 1. The molecule has 1 heterocycles. The van der Waals surface area contributed by atoms with E-state index in [1.54, 1.807) is 6.07 Å². The normalized spacial score (nSPS) is 18.8. The van der Waals surface area contributed by atoms with Crippen LogP contribution in [0.4, 0.5) is 0 Å². The highest BCUT2D eigenvalue weighted by Gasteiger charge is 2.28. The predicted molar refractivity (Wildman–Crippen MR) is 83.0 cm³/mol. The molecule has 0 spiro atoms. The summed E-state index contributed by atoms with van der Waals surface area (Å²) < 4.78 is 0. The highest BCUT2D eigenvalue weighted by molar-refractivity contribution is 6.16. The first-order valence-corrected chi connectivity index (χ1v) is 7.41. The van der Waals surface area contributed by atoms with Crippen molar-refractivity contribution in [3.63, 3.8) is 0 Å². The Morgan fingerprint density at radius 1 is 0.950 bits per heavy atom. The van der Waals surface area contributed by atoms with Gasteiger partial charge in [0.05, 0.1) is 5.52 Å². The molecule has 1 aromatic heterocycles. The van der Waals surface area contributed by atoms with Crippen LogP contribution in [0, 0.1) is 0 Å². The Kier molecular flexibility index (Phi) is 3.32. The molecule has 3 rings (SSSR count). The predicted octanol–water partition coefficient (Wildman–Crippen LogP) is 2.83. The van der Waals surface area contributed by atoms with Crippen molar-refractivity contribution in [1.29, 1.82) is 0 Å². The molecule has 0 atom stereocenters. The first-order chi connectivity index (χ1) is 9.58. The van der Waals surface area contributed by atoms with Crippen molar-refractivity contribution in [2.75, 3.05) is 0 Å². The smallest absolute Gasteiger partial charge is 0.159 e. The monoisotopic (exact) mass is 269 g/mol. The number of rotatable bonds is 1. The van der Waals surface area contributed by atoms with E-state index in [1.165, 1.54) is 50.2 Å². The van der Waals surface area contributed by atoms with E-state index in [9.17, 15) is 10.2 Å². The fourth-order valence-corrected chi connectivity index (χ4v) is 3.28. The molecule has 0 saturated heterocycles. The zero-order valence-electron chi connectivity index (χ0n) is 11.9. The molecule has 1 aromatic carbocycles. The highest BCUT2D eigenvalue weighted by Crippen LogP contribution is 2.37. The molecule has 0 radical (unpaired) electrons. The van der Waals surface area contributed by atoms with Crippen LogP contribution < -0.4 is 0 Å². The summed E-state index contributed by atoms with van der Waals surface area (Å²) in [7, 11) is 2.32. The average molecular weight is 269 g/mol. The summed E-state index contributed by atoms with van der Waals surface area (Å²) in [6, 6.07) is 5.23. The second-order valence-corrected chi connectivity index (χ2v) is 6.23. The van der Waals surface area contributed by atoms with Crippen LogP contribution in [0.25, 0.3) is 10.9 Å². The standard InChI is InChI=1S/C16H20BNO2/c17-16(5-3-1-2-4-6-16)12-7-11-8-14(19)15(20)9-13(11)18-10-12/h7-10,19-20H,1-6,17H2. The van der Waals surface area contributed by atoms with E-state index < -0.39 is 0 Å². The lowest BCUT2D eigenvalue weighted by molar-refractivity contribution is 0.405. The molecule has 20 heavy (non-hydrogen) atoms. The molecule has 1 aliphatic carbocycles. The van der Waals surface area contributed by atoms with Gasteiger partial charge >= 0.3 is 0 Å². The van der Waals surface area contributed by atoms with Gasteiger partial charge in [0.2, 0.25) is 0 Å². The van der Waals surface area contributed by atoms with E-state index in [-0.39, 0.29) is 16.8 Å². The molecule has 3 nitrogen and oxygen atoms in total. The van der Waals surface area contributed by atoms with Gasteiger partial charge in [0, 0.05) is 17.6 Å². The molecule has 0 amide bonds. The van der Waals surface area contributed by atoms with Gasteiger partial charge in [-0.3, -0.25) is 4.98 Å². The molecule has 2 N–H and O–H groups in total. The quantitative estimate of drug-likeness (QED) is 0.475. The molecule has 1 aliphatic rings. The Morgan fingerprint density at radius 3 is 2.30 bits per heavy atom. The van der Waals surface area contributed by atoms with E-state index in [4.69, 9.17) is 0 Å². The summed E-state index contributed by atoms with van der Waals surface area (Å²) in [5, 5.41) is 20.3. The van der Waals surface area contributed by atoms with Gasteiger partial charge in [-0.15, -0.1) is 0 Å². The van der Waals surface area contributed by atoms with E-state index in [2.05, 4.69) is 18.9 Å². The van der Waals surface area contributed by atoms with Gasteiger partial charge in [0.25, 0.3) is 0 Å². The molecule has 1 fully saturated rings. The molecule has 2 aromatic rings. The average Bonchev–Trinajstić information content (AvgIpc) is 2.65. The zero-order chi connectivity index (χ0) is 14.2. The third-order valence-electron chi connectivity index (χ3n) is 4.68. The lowest BCUT2D eigenvalue weighted by Gasteiger charge is -2.28. The molecule has 0 bridgehead atoms. The van der Waals surface area contributed by atoms with Gasteiger partial charge in [0.1, 0.15) is 7.85 Å².